The fraction of sp³-hybridized carbons (Fsp3) is 0.235. The van der Waals surface area contributed by atoms with Crippen molar-refractivity contribution in [3.05, 3.63) is 52.6 Å². The highest BCUT2D eigenvalue weighted by molar-refractivity contribution is 5.77. The van der Waals surface area contributed by atoms with E-state index in [1.54, 1.807) is 12.1 Å². The fourth-order valence-electron chi connectivity index (χ4n) is 2.34. The Bertz CT molecular complexity index is 696. The van der Waals surface area contributed by atoms with E-state index >= 15 is 0 Å². The van der Waals surface area contributed by atoms with Crippen LogP contribution in [-0.4, -0.2) is 7.05 Å². The molecule has 0 spiro atoms. The van der Waals surface area contributed by atoms with Crippen molar-refractivity contribution in [3.63, 3.8) is 0 Å². The molecule has 2 rings (SSSR count). The Labute approximate surface area is 120 Å². The molecule has 2 aromatic rings. The third kappa shape index (κ3) is 2.46. The number of benzene rings is 2. The highest BCUT2D eigenvalue weighted by atomic mass is 15.1. The monoisotopic (exact) mass is 265 g/mol. The number of nitrogens with zero attached hydrogens (tertiary/aromatic N) is 2. The maximum absolute atomic E-state index is 9.03. The number of rotatable bonds is 2. The number of hydrogen-bond donors (Lipinski definition) is 1. The molecule has 0 aliphatic rings. The number of nitrogen functional groups attached to an aromatic ring is 1. The van der Waals surface area contributed by atoms with Gasteiger partial charge in [0.25, 0.3) is 0 Å². The predicted molar refractivity (Wildman–Crippen MR) is 84.3 cm³/mol. The summed E-state index contributed by atoms with van der Waals surface area (Å²) in [5.74, 6) is 0. The van der Waals surface area contributed by atoms with Crippen molar-refractivity contribution >= 4 is 17.1 Å². The summed E-state index contributed by atoms with van der Waals surface area (Å²) in [7, 11) is 1.98. The lowest BCUT2D eigenvalue weighted by molar-refractivity contribution is 1.16. The summed E-state index contributed by atoms with van der Waals surface area (Å²) in [4.78, 5) is 2.04. The lowest BCUT2D eigenvalue weighted by atomic mass is 10.0. The molecule has 2 N–H and O–H groups in total. The Hall–Kier alpha value is -2.47. The Balaban J connectivity index is 2.54. The number of nitrogens with two attached hydrogens (primary N) is 1. The zero-order chi connectivity index (χ0) is 14.9. The van der Waals surface area contributed by atoms with E-state index < -0.39 is 0 Å². The summed E-state index contributed by atoms with van der Waals surface area (Å²) in [6, 6.07) is 11.8. The van der Waals surface area contributed by atoms with E-state index in [1.807, 2.05) is 18.0 Å². The summed E-state index contributed by atoms with van der Waals surface area (Å²) in [5.41, 5.74) is 13.0. The molecule has 3 nitrogen and oxygen atoms in total. The highest BCUT2D eigenvalue weighted by Gasteiger charge is 2.12. The van der Waals surface area contributed by atoms with Gasteiger partial charge in [0.2, 0.25) is 0 Å². The SMILES string of the molecule is Cc1cc(C)c(N(C)c2cc(C#N)ccc2N)cc1C. The second-order valence-corrected chi connectivity index (χ2v) is 5.17. The quantitative estimate of drug-likeness (QED) is 0.839. The fourth-order valence-corrected chi connectivity index (χ4v) is 2.34. The van der Waals surface area contributed by atoms with Crippen LogP contribution in [0.2, 0.25) is 0 Å². The predicted octanol–water partition coefficient (Wildman–Crippen LogP) is 3.83. The van der Waals surface area contributed by atoms with E-state index in [0.29, 0.717) is 11.3 Å². The number of aryl methyl sites for hydroxylation is 3. The summed E-state index contributed by atoms with van der Waals surface area (Å²) in [6.07, 6.45) is 0. The molecule has 0 aromatic heterocycles. The molecule has 0 heterocycles. The molecule has 2 aromatic carbocycles. The lowest BCUT2D eigenvalue weighted by Crippen LogP contribution is -2.13. The van der Waals surface area contributed by atoms with Crippen molar-refractivity contribution < 1.29 is 0 Å². The van der Waals surface area contributed by atoms with Gasteiger partial charge in [-0.1, -0.05) is 6.07 Å². The van der Waals surface area contributed by atoms with Crippen molar-refractivity contribution in [2.75, 3.05) is 17.7 Å². The molecule has 3 heteroatoms. The first-order valence-electron chi connectivity index (χ1n) is 6.55. The lowest BCUT2D eigenvalue weighted by Gasteiger charge is -2.24. The van der Waals surface area contributed by atoms with Gasteiger partial charge in [-0.15, -0.1) is 0 Å². The van der Waals surface area contributed by atoms with E-state index in [1.165, 1.54) is 16.7 Å². The average Bonchev–Trinajstić information content (AvgIpc) is 2.42. The highest BCUT2D eigenvalue weighted by Crippen LogP contribution is 2.33. The van der Waals surface area contributed by atoms with E-state index in [0.717, 1.165) is 11.4 Å². The largest absolute Gasteiger partial charge is 0.397 e. The first kappa shape index (κ1) is 14.0. The molecule has 0 aliphatic carbocycles. The summed E-state index contributed by atoms with van der Waals surface area (Å²) in [5, 5.41) is 9.03. The van der Waals surface area contributed by atoms with Gasteiger partial charge in [-0.3, -0.25) is 0 Å². The average molecular weight is 265 g/mol. The molecule has 0 saturated heterocycles. The van der Waals surface area contributed by atoms with Crippen LogP contribution < -0.4 is 10.6 Å². The van der Waals surface area contributed by atoms with Crippen LogP contribution in [0, 0.1) is 32.1 Å². The third-order valence-corrected chi connectivity index (χ3v) is 3.69. The molecule has 0 fully saturated rings. The van der Waals surface area contributed by atoms with Gasteiger partial charge in [0.05, 0.1) is 23.0 Å². The zero-order valence-electron chi connectivity index (χ0n) is 12.4. The first-order valence-corrected chi connectivity index (χ1v) is 6.55. The van der Waals surface area contributed by atoms with Gasteiger partial charge < -0.3 is 10.6 Å². The number of hydrogen-bond acceptors (Lipinski definition) is 3. The molecule has 0 aliphatic heterocycles. The number of nitriles is 1. The summed E-state index contributed by atoms with van der Waals surface area (Å²) >= 11 is 0. The van der Waals surface area contributed by atoms with Crippen LogP contribution in [0.3, 0.4) is 0 Å². The topological polar surface area (TPSA) is 53.0 Å². The van der Waals surface area contributed by atoms with Crippen LogP contribution in [0.15, 0.2) is 30.3 Å². The molecule has 0 radical (unpaired) electrons. The molecule has 0 amide bonds. The molecule has 0 unspecified atom stereocenters. The Kier molecular flexibility index (Phi) is 3.67. The summed E-state index contributed by atoms with van der Waals surface area (Å²) in [6.45, 7) is 6.29. The minimum absolute atomic E-state index is 0.613. The molecule has 0 bridgehead atoms. The van der Waals surface area contributed by atoms with Crippen LogP contribution in [0.1, 0.15) is 22.3 Å². The molecule has 20 heavy (non-hydrogen) atoms. The normalized spacial score (nSPS) is 10.2. The Morgan fingerprint density at radius 2 is 1.60 bits per heavy atom. The van der Waals surface area contributed by atoms with Gasteiger partial charge in [0, 0.05) is 12.7 Å². The van der Waals surface area contributed by atoms with E-state index in [2.05, 4.69) is 39.0 Å². The second kappa shape index (κ2) is 5.26. The maximum atomic E-state index is 9.03. The van der Waals surface area contributed by atoms with Gasteiger partial charge in [-0.2, -0.15) is 5.26 Å². The van der Waals surface area contributed by atoms with E-state index in [4.69, 9.17) is 11.0 Å². The van der Waals surface area contributed by atoms with Crippen LogP contribution in [-0.2, 0) is 0 Å². The molecular formula is C17H19N3. The van der Waals surface area contributed by atoms with Gasteiger partial charge in [-0.05, 0) is 61.7 Å². The van der Waals surface area contributed by atoms with Crippen LogP contribution in [0.5, 0.6) is 0 Å². The molecule has 102 valence electrons. The van der Waals surface area contributed by atoms with Crippen molar-refractivity contribution in [2.45, 2.75) is 20.8 Å². The molecular weight excluding hydrogens is 246 g/mol. The van der Waals surface area contributed by atoms with Gasteiger partial charge in [0.1, 0.15) is 0 Å². The Morgan fingerprint density at radius 3 is 2.25 bits per heavy atom. The van der Waals surface area contributed by atoms with Gasteiger partial charge in [0.15, 0.2) is 0 Å². The maximum Gasteiger partial charge on any atom is 0.0992 e. The van der Waals surface area contributed by atoms with E-state index in [9.17, 15) is 0 Å². The van der Waals surface area contributed by atoms with Gasteiger partial charge in [-0.25, -0.2) is 0 Å². The van der Waals surface area contributed by atoms with Crippen LogP contribution in [0.4, 0.5) is 17.1 Å². The summed E-state index contributed by atoms with van der Waals surface area (Å²) < 4.78 is 0. The first-order chi connectivity index (χ1) is 9.43. The minimum Gasteiger partial charge on any atom is -0.397 e. The molecule has 0 saturated carbocycles. The van der Waals surface area contributed by atoms with Crippen LogP contribution in [0.25, 0.3) is 0 Å². The third-order valence-electron chi connectivity index (χ3n) is 3.69. The smallest absolute Gasteiger partial charge is 0.0992 e. The van der Waals surface area contributed by atoms with Crippen molar-refractivity contribution in [1.29, 1.82) is 5.26 Å². The van der Waals surface area contributed by atoms with E-state index in [-0.39, 0.29) is 0 Å². The molecule has 0 atom stereocenters. The van der Waals surface area contributed by atoms with Crippen molar-refractivity contribution in [3.8, 4) is 6.07 Å². The van der Waals surface area contributed by atoms with Crippen molar-refractivity contribution in [2.24, 2.45) is 0 Å². The number of anilines is 3. The zero-order valence-corrected chi connectivity index (χ0v) is 12.4. The van der Waals surface area contributed by atoms with Crippen LogP contribution >= 0.6 is 0 Å². The minimum atomic E-state index is 0.613. The second-order valence-electron chi connectivity index (χ2n) is 5.17. The van der Waals surface area contributed by atoms with Crippen molar-refractivity contribution in [1.82, 2.24) is 0 Å². The van der Waals surface area contributed by atoms with Gasteiger partial charge >= 0.3 is 0 Å². The Morgan fingerprint density at radius 1 is 0.950 bits per heavy atom. The standard InChI is InChI=1S/C17H19N3/c1-11-7-13(3)16(8-12(11)2)20(4)17-9-14(10-18)5-6-15(17)19/h5-9H,19H2,1-4H3.